The Labute approximate surface area is 93.7 Å². The van der Waals surface area contributed by atoms with Gasteiger partial charge in [-0.25, -0.2) is 0 Å². The summed E-state index contributed by atoms with van der Waals surface area (Å²) in [5, 5.41) is 12.4. The third kappa shape index (κ3) is 3.55. The highest BCUT2D eigenvalue weighted by Crippen LogP contribution is 2.23. The van der Waals surface area contributed by atoms with Crippen molar-refractivity contribution in [3.8, 4) is 0 Å². The lowest BCUT2D eigenvalue weighted by atomic mass is 10.1. The zero-order valence-corrected chi connectivity index (χ0v) is 10.7. The van der Waals surface area contributed by atoms with E-state index in [4.69, 9.17) is 0 Å². The van der Waals surface area contributed by atoms with Crippen molar-refractivity contribution in [3.05, 3.63) is 5.01 Å². The molecule has 0 aliphatic carbocycles. The van der Waals surface area contributed by atoms with Crippen molar-refractivity contribution in [2.75, 3.05) is 12.8 Å². The quantitative estimate of drug-likeness (QED) is 0.788. The fraction of sp³-hybridized carbons (Fsp3) is 0.778. The molecule has 0 bridgehead atoms. The van der Waals surface area contributed by atoms with Crippen LogP contribution in [0.1, 0.15) is 18.9 Å². The van der Waals surface area contributed by atoms with Crippen LogP contribution in [0.25, 0.3) is 0 Å². The molecule has 1 atom stereocenters. The average molecular weight is 231 g/mol. The van der Waals surface area contributed by atoms with Crippen LogP contribution >= 0.6 is 23.1 Å². The Kier molecular flexibility index (Phi) is 4.84. The number of aryl methyl sites for hydroxylation is 1. The monoisotopic (exact) mass is 231 g/mol. The predicted octanol–water partition coefficient (Wildman–Crippen LogP) is 2.18. The fourth-order valence-electron chi connectivity index (χ4n) is 1.11. The van der Waals surface area contributed by atoms with E-state index in [1.807, 2.05) is 14.0 Å². The first-order valence-electron chi connectivity index (χ1n) is 4.73. The number of thioether (sulfide) groups is 1. The molecule has 0 saturated heterocycles. The molecule has 1 aromatic heterocycles. The van der Waals surface area contributed by atoms with E-state index in [1.165, 1.54) is 0 Å². The Morgan fingerprint density at radius 2 is 2.14 bits per heavy atom. The summed E-state index contributed by atoms with van der Waals surface area (Å²) in [4.78, 5) is 0. The average Bonchev–Trinajstić information content (AvgIpc) is 2.52. The molecule has 0 aliphatic heterocycles. The number of hydrogen-bond donors (Lipinski definition) is 1. The maximum Gasteiger partial charge on any atom is 0.174 e. The summed E-state index contributed by atoms with van der Waals surface area (Å²) in [6.45, 7) is 6.44. The van der Waals surface area contributed by atoms with Gasteiger partial charge in [-0.2, -0.15) is 0 Å². The number of rotatable bonds is 5. The number of hydrogen-bond acceptors (Lipinski definition) is 5. The van der Waals surface area contributed by atoms with Crippen LogP contribution in [-0.4, -0.2) is 29.0 Å². The van der Waals surface area contributed by atoms with Gasteiger partial charge in [0, 0.05) is 11.8 Å². The number of nitrogens with zero attached hydrogens (tertiary/aromatic N) is 2. The summed E-state index contributed by atoms with van der Waals surface area (Å²) in [7, 11) is 2.01. The molecule has 1 aromatic rings. The molecule has 3 nitrogen and oxygen atoms in total. The van der Waals surface area contributed by atoms with Crippen molar-refractivity contribution in [1.82, 2.24) is 15.5 Å². The Balaban J connectivity index is 2.39. The van der Waals surface area contributed by atoms with Gasteiger partial charge in [-0.1, -0.05) is 36.9 Å². The fourth-order valence-corrected chi connectivity index (χ4v) is 3.30. The van der Waals surface area contributed by atoms with Crippen LogP contribution in [0, 0.1) is 12.8 Å². The molecule has 0 saturated carbocycles. The predicted molar refractivity (Wildman–Crippen MR) is 63.1 cm³/mol. The van der Waals surface area contributed by atoms with Crippen LogP contribution in [0.2, 0.25) is 0 Å². The molecule has 0 radical (unpaired) electrons. The number of nitrogens with one attached hydrogen (secondary N) is 1. The minimum absolute atomic E-state index is 0.546. The lowest BCUT2D eigenvalue weighted by Crippen LogP contribution is -2.32. The third-order valence-electron chi connectivity index (χ3n) is 2.07. The first-order chi connectivity index (χ1) is 6.63. The Bertz CT molecular complexity index is 273. The summed E-state index contributed by atoms with van der Waals surface area (Å²) in [5.74, 6) is 1.71. The molecule has 1 N–H and O–H groups in total. The van der Waals surface area contributed by atoms with Gasteiger partial charge in [0.15, 0.2) is 4.34 Å². The Morgan fingerprint density at radius 3 is 2.57 bits per heavy atom. The van der Waals surface area contributed by atoms with Gasteiger partial charge >= 0.3 is 0 Å². The smallest absolute Gasteiger partial charge is 0.174 e. The van der Waals surface area contributed by atoms with E-state index in [0.717, 1.165) is 15.1 Å². The standard InChI is InChI=1S/C9H17N3S2/c1-6(2)8(10-4)5-13-9-12-11-7(3)14-9/h6,8,10H,5H2,1-4H3. The van der Waals surface area contributed by atoms with Crippen LogP contribution in [0.3, 0.4) is 0 Å². The second kappa shape index (κ2) is 5.68. The first kappa shape index (κ1) is 11.9. The van der Waals surface area contributed by atoms with Gasteiger partial charge in [-0.05, 0) is 19.9 Å². The van der Waals surface area contributed by atoms with Crippen LogP contribution < -0.4 is 5.32 Å². The van der Waals surface area contributed by atoms with Gasteiger partial charge in [0.25, 0.3) is 0 Å². The molecule has 0 fully saturated rings. The minimum Gasteiger partial charge on any atom is -0.316 e. The maximum absolute atomic E-state index is 4.09. The number of aromatic nitrogens is 2. The lowest BCUT2D eigenvalue weighted by molar-refractivity contribution is 0.465. The van der Waals surface area contributed by atoms with E-state index in [1.54, 1.807) is 23.1 Å². The zero-order chi connectivity index (χ0) is 10.6. The van der Waals surface area contributed by atoms with Gasteiger partial charge < -0.3 is 5.32 Å². The molecular formula is C9H17N3S2. The van der Waals surface area contributed by atoms with Crippen molar-refractivity contribution in [3.63, 3.8) is 0 Å². The van der Waals surface area contributed by atoms with Crippen molar-refractivity contribution < 1.29 is 0 Å². The highest BCUT2D eigenvalue weighted by atomic mass is 32.2. The molecular weight excluding hydrogens is 214 g/mol. The maximum atomic E-state index is 4.09. The van der Waals surface area contributed by atoms with Crippen molar-refractivity contribution in [2.24, 2.45) is 5.92 Å². The third-order valence-corrected chi connectivity index (χ3v) is 4.16. The van der Waals surface area contributed by atoms with E-state index in [9.17, 15) is 0 Å². The van der Waals surface area contributed by atoms with Crippen LogP contribution in [0.4, 0.5) is 0 Å². The summed E-state index contributed by atoms with van der Waals surface area (Å²) < 4.78 is 1.07. The summed E-state index contributed by atoms with van der Waals surface area (Å²) in [6, 6.07) is 0.546. The molecule has 0 aromatic carbocycles. The Morgan fingerprint density at radius 1 is 1.43 bits per heavy atom. The molecule has 1 heterocycles. The molecule has 1 unspecified atom stereocenters. The first-order valence-corrected chi connectivity index (χ1v) is 6.54. The topological polar surface area (TPSA) is 37.8 Å². The summed E-state index contributed by atoms with van der Waals surface area (Å²) in [5.41, 5.74) is 0. The minimum atomic E-state index is 0.546. The van der Waals surface area contributed by atoms with Crippen LogP contribution in [0.15, 0.2) is 4.34 Å². The zero-order valence-electron chi connectivity index (χ0n) is 9.07. The van der Waals surface area contributed by atoms with Crippen LogP contribution in [0.5, 0.6) is 0 Å². The summed E-state index contributed by atoms with van der Waals surface area (Å²) >= 11 is 3.45. The lowest BCUT2D eigenvalue weighted by Gasteiger charge is -2.18. The molecule has 1 rings (SSSR count). The van der Waals surface area contributed by atoms with Gasteiger partial charge in [-0.3, -0.25) is 0 Å². The second-order valence-electron chi connectivity index (χ2n) is 3.54. The molecule has 0 spiro atoms. The largest absolute Gasteiger partial charge is 0.316 e. The molecule has 80 valence electrons. The van der Waals surface area contributed by atoms with Gasteiger partial charge in [0.2, 0.25) is 0 Å². The molecule has 0 aliphatic rings. The molecule has 5 heteroatoms. The summed E-state index contributed by atoms with van der Waals surface area (Å²) in [6.07, 6.45) is 0. The van der Waals surface area contributed by atoms with Gasteiger partial charge in [-0.15, -0.1) is 10.2 Å². The molecule has 0 amide bonds. The van der Waals surface area contributed by atoms with E-state index >= 15 is 0 Å². The second-order valence-corrected chi connectivity index (χ2v) is 5.99. The van der Waals surface area contributed by atoms with Crippen molar-refractivity contribution in [2.45, 2.75) is 31.2 Å². The Hall–Kier alpha value is -0.130. The van der Waals surface area contributed by atoms with Gasteiger partial charge in [0.05, 0.1) is 0 Å². The van der Waals surface area contributed by atoms with Gasteiger partial charge in [0.1, 0.15) is 5.01 Å². The highest BCUT2D eigenvalue weighted by molar-refractivity contribution is 8.01. The van der Waals surface area contributed by atoms with Crippen molar-refractivity contribution in [1.29, 1.82) is 0 Å². The van der Waals surface area contributed by atoms with E-state index in [0.29, 0.717) is 12.0 Å². The van der Waals surface area contributed by atoms with E-state index in [2.05, 4.69) is 29.4 Å². The highest BCUT2D eigenvalue weighted by Gasteiger charge is 2.12. The molecule has 14 heavy (non-hydrogen) atoms. The SMILES string of the molecule is CNC(CSc1nnc(C)s1)C(C)C. The van der Waals surface area contributed by atoms with Crippen LogP contribution in [-0.2, 0) is 0 Å². The van der Waals surface area contributed by atoms with E-state index in [-0.39, 0.29) is 0 Å². The normalized spacial score (nSPS) is 13.5. The van der Waals surface area contributed by atoms with Crippen molar-refractivity contribution >= 4 is 23.1 Å². The van der Waals surface area contributed by atoms with E-state index < -0.39 is 0 Å².